The minimum atomic E-state index is -1.28. The van der Waals surface area contributed by atoms with Gasteiger partial charge in [0.15, 0.2) is 0 Å². The molecule has 0 aliphatic heterocycles. The summed E-state index contributed by atoms with van der Waals surface area (Å²) in [4.78, 5) is 20.3. The zero-order valence-electron chi connectivity index (χ0n) is 10.0. The van der Waals surface area contributed by atoms with E-state index in [0.717, 1.165) is 6.07 Å². The van der Waals surface area contributed by atoms with Gasteiger partial charge in [-0.25, -0.2) is 4.39 Å². The molecule has 6 nitrogen and oxygen atoms in total. The molecule has 0 aliphatic rings. The number of carboxylic acid groups (broad SMARTS) is 1. The molecular formula is C11H12F2N2O4. The minimum Gasteiger partial charge on any atom is -0.481 e. The van der Waals surface area contributed by atoms with Crippen LogP contribution in [0.15, 0.2) is 12.1 Å². The Balaban J connectivity index is 2.83. The number of hydrogen-bond donors (Lipinski definition) is 2. The molecule has 1 unspecified atom stereocenters. The third-order valence-electron chi connectivity index (χ3n) is 2.53. The van der Waals surface area contributed by atoms with Crippen LogP contribution in [0.1, 0.15) is 13.3 Å². The molecule has 0 fully saturated rings. The van der Waals surface area contributed by atoms with Gasteiger partial charge in [-0.2, -0.15) is 4.39 Å². The lowest BCUT2D eigenvalue weighted by molar-refractivity contribution is -0.386. The molecule has 1 rings (SSSR count). The second kappa shape index (κ2) is 6.07. The molecule has 0 saturated heterocycles. The lowest BCUT2D eigenvalue weighted by atomic mass is 10.1. The number of nitro benzene ring substituents is 1. The number of carboxylic acids is 1. The van der Waals surface area contributed by atoms with Gasteiger partial charge in [0.2, 0.25) is 5.82 Å². The van der Waals surface area contributed by atoms with Gasteiger partial charge in [0, 0.05) is 18.7 Å². The average molecular weight is 274 g/mol. The molecule has 0 aromatic heterocycles. The highest BCUT2D eigenvalue weighted by atomic mass is 19.1. The highest BCUT2D eigenvalue weighted by Gasteiger charge is 2.22. The van der Waals surface area contributed by atoms with E-state index in [4.69, 9.17) is 5.11 Å². The molecule has 0 saturated carbocycles. The molecule has 2 N–H and O–H groups in total. The summed E-state index contributed by atoms with van der Waals surface area (Å²) < 4.78 is 26.2. The summed E-state index contributed by atoms with van der Waals surface area (Å²) >= 11 is 0. The maximum atomic E-state index is 13.3. The maximum Gasteiger partial charge on any atom is 0.327 e. The van der Waals surface area contributed by atoms with Crippen molar-refractivity contribution in [1.82, 2.24) is 0 Å². The lowest BCUT2D eigenvalue weighted by Crippen LogP contribution is -2.15. The van der Waals surface area contributed by atoms with Crippen molar-refractivity contribution in [3.63, 3.8) is 0 Å². The molecule has 0 bridgehead atoms. The van der Waals surface area contributed by atoms with Gasteiger partial charge < -0.3 is 10.4 Å². The van der Waals surface area contributed by atoms with E-state index in [1.54, 1.807) is 0 Å². The molecule has 8 heteroatoms. The molecule has 0 radical (unpaired) electrons. The molecule has 104 valence electrons. The fourth-order valence-corrected chi connectivity index (χ4v) is 1.43. The molecular weight excluding hydrogens is 262 g/mol. The summed E-state index contributed by atoms with van der Waals surface area (Å²) in [6, 6.07) is 1.22. The first-order valence-corrected chi connectivity index (χ1v) is 5.43. The van der Waals surface area contributed by atoms with Crippen LogP contribution in [-0.2, 0) is 4.79 Å². The molecule has 19 heavy (non-hydrogen) atoms. The van der Waals surface area contributed by atoms with Crippen molar-refractivity contribution in [2.45, 2.75) is 13.3 Å². The maximum absolute atomic E-state index is 13.3. The normalized spacial score (nSPS) is 11.9. The number of nitro groups is 1. The first-order valence-electron chi connectivity index (χ1n) is 5.43. The van der Waals surface area contributed by atoms with Crippen LogP contribution in [0.4, 0.5) is 20.2 Å². The Labute approximate surface area is 107 Å². The Kier molecular flexibility index (Phi) is 4.74. The lowest BCUT2D eigenvalue weighted by Gasteiger charge is -2.09. The van der Waals surface area contributed by atoms with Crippen molar-refractivity contribution >= 4 is 17.3 Å². The second-order valence-electron chi connectivity index (χ2n) is 4.00. The number of aliphatic carboxylic acids is 1. The van der Waals surface area contributed by atoms with Crippen molar-refractivity contribution in [1.29, 1.82) is 0 Å². The number of carbonyl (C=O) groups is 1. The third-order valence-corrected chi connectivity index (χ3v) is 2.53. The molecule has 0 spiro atoms. The van der Waals surface area contributed by atoms with Gasteiger partial charge in [-0.3, -0.25) is 14.9 Å². The Bertz CT molecular complexity index is 508. The van der Waals surface area contributed by atoms with E-state index in [1.807, 2.05) is 0 Å². The summed E-state index contributed by atoms with van der Waals surface area (Å²) in [6.45, 7) is 1.52. The Morgan fingerprint density at radius 3 is 2.68 bits per heavy atom. The molecule has 0 heterocycles. The van der Waals surface area contributed by atoms with Gasteiger partial charge in [0.05, 0.1) is 10.8 Å². The van der Waals surface area contributed by atoms with Crippen LogP contribution in [0, 0.1) is 27.7 Å². The van der Waals surface area contributed by atoms with Crippen molar-refractivity contribution in [3.05, 3.63) is 33.9 Å². The van der Waals surface area contributed by atoms with Crippen LogP contribution >= 0.6 is 0 Å². The Morgan fingerprint density at radius 1 is 1.53 bits per heavy atom. The van der Waals surface area contributed by atoms with E-state index in [2.05, 4.69) is 5.32 Å². The van der Waals surface area contributed by atoms with Crippen LogP contribution in [0.5, 0.6) is 0 Å². The van der Waals surface area contributed by atoms with E-state index in [0.29, 0.717) is 6.07 Å². The molecule has 1 aromatic rings. The summed E-state index contributed by atoms with van der Waals surface area (Å²) in [5.74, 6) is -3.90. The van der Waals surface area contributed by atoms with Gasteiger partial charge in [-0.15, -0.1) is 0 Å². The first-order chi connectivity index (χ1) is 8.82. The van der Waals surface area contributed by atoms with Crippen LogP contribution < -0.4 is 5.32 Å². The van der Waals surface area contributed by atoms with Crippen molar-refractivity contribution in [2.24, 2.45) is 5.92 Å². The third kappa shape index (κ3) is 3.87. The topological polar surface area (TPSA) is 92.5 Å². The standard InChI is InChI=1S/C11H12F2N2O4/c1-6(11(16)17)2-3-14-9-5-7(12)4-8(13)10(9)15(18)19/h4-6,14H,2-3H2,1H3,(H,16,17). The quantitative estimate of drug-likeness (QED) is 0.613. The minimum absolute atomic E-state index is 0.0528. The largest absolute Gasteiger partial charge is 0.481 e. The SMILES string of the molecule is CC(CCNc1cc(F)cc(F)c1[N+](=O)[O-])C(=O)O. The molecule has 1 aromatic carbocycles. The summed E-state index contributed by atoms with van der Waals surface area (Å²) in [5.41, 5.74) is -1.16. The number of hydrogen-bond acceptors (Lipinski definition) is 4. The summed E-state index contributed by atoms with van der Waals surface area (Å²) in [6.07, 6.45) is 0.171. The number of nitrogens with zero attached hydrogens (tertiary/aromatic N) is 1. The van der Waals surface area contributed by atoms with Crippen LogP contribution in [0.3, 0.4) is 0 Å². The highest BCUT2D eigenvalue weighted by Crippen LogP contribution is 2.28. The first kappa shape index (κ1) is 14.8. The number of benzene rings is 1. The van der Waals surface area contributed by atoms with Crippen molar-refractivity contribution in [2.75, 3.05) is 11.9 Å². The predicted molar refractivity (Wildman–Crippen MR) is 62.9 cm³/mol. The smallest absolute Gasteiger partial charge is 0.327 e. The van der Waals surface area contributed by atoms with Gasteiger partial charge >= 0.3 is 11.7 Å². The number of halogens is 2. The number of nitrogens with one attached hydrogen (secondary N) is 1. The number of rotatable bonds is 6. The van der Waals surface area contributed by atoms with Gasteiger partial charge in [0.25, 0.3) is 0 Å². The van der Waals surface area contributed by atoms with E-state index in [9.17, 15) is 23.7 Å². The van der Waals surface area contributed by atoms with E-state index in [1.165, 1.54) is 6.92 Å². The van der Waals surface area contributed by atoms with Crippen molar-refractivity contribution in [3.8, 4) is 0 Å². The van der Waals surface area contributed by atoms with Crippen LogP contribution in [0.25, 0.3) is 0 Å². The fourth-order valence-electron chi connectivity index (χ4n) is 1.43. The van der Waals surface area contributed by atoms with E-state index in [-0.39, 0.29) is 18.7 Å². The summed E-state index contributed by atoms with van der Waals surface area (Å²) in [5, 5.41) is 21.8. The van der Waals surface area contributed by atoms with Crippen LogP contribution in [-0.4, -0.2) is 22.5 Å². The van der Waals surface area contributed by atoms with Gasteiger partial charge in [-0.05, 0) is 6.42 Å². The molecule has 1 atom stereocenters. The second-order valence-corrected chi connectivity index (χ2v) is 4.00. The zero-order valence-corrected chi connectivity index (χ0v) is 10.0. The van der Waals surface area contributed by atoms with Crippen molar-refractivity contribution < 1.29 is 23.6 Å². The van der Waals surface area contributed by atoms with E-state index >= 15 is 0 Å². The predicted octanol–water partition coefficient (Wildman–Crippen LogP) is 2.40. The van der Waals surface area contributed by atoms with Crippen LogP contribution in [0.2, 0.25) is 0 Å². The van der Waals surface area contributed by atoms with Gasteiger partial charge in [0.1, 0.15) is 11.5 Å². The number of anilines is 1. The monoisotopic (exact) mass is 274 g/mol. The fraction of sp³-hybridized carbons (Fsp3) is 0.364. The highest BCUT2D eigenvalue weighted by molar-refractivity contribution is 5.69. The molecule has 0 amide bonds. The Hall–Kier alpha value is -2.25. The molecule has 0 aliphatic carbocycles. The Morgan fingerprint density at radius 2 is 2.16 bits per heavy atom. The summed E-state index contributed by atoms with van der Waals surface area (Å²) in [7, 11) is 0. The average Bonchev–Trinajstić information content (AvgIpc) is 2.26. The van der Waals surface area contributed by atoms with E-state index < -0.39 is 34.1 Å². The zero-order chi connectivity index (χ0) is 14.6. The van der Waals surface area contributed by atoms with Gasteiger partial charge in [-0.1, -0.05) is 6.92 Å².